The lowest BCUT2D eigenvalue weighted by Gasteiger charge is -2.27. The molecular formula is C25H28N4OS. The molecule has 2 aromatic heterocycles. The number of rotatable bonds is 6. The van der Waals surface area contributed by atoms with E-state index in [2.05, 4.69) is 56.4 Å². The number of benzene rings is 1. The van der Waals surface area contributed by atoms with E-state index in [1.165, 1.54) is 31.2 Å². The van der Waals surface area contributed by atoms with Gasteiger partial charge in [0.05, 0.1) is 24.4 Å². The van der Waals surface area contributed by atoms with E-state index in [4.69, 9.17) is 17.0 Å². The quantitative estimate of drug-likeness (QED) is 0.516. The molecule has 3 aromatic rings. The predicted octanol–water partition coefficient (Wildman–Crippen LogP) is 5.57. The van der Waals surface area contributed by atoms with Crippen LogP contribution >= 0.6 is 12.2 Å². The van der Waals surface area contributed by atoms with E-state index in [0.717, 1.165) is 22.2 Å². The average Bonchev–Trinajstić information content (AvgIpc) is 3.55. The predicted molar refractivity (Wildman–Crippen MR) is 127 cm³/mol. The van der Waals surface area contributed by atoms with Gasteiger partial charge in [0.25, 0.3) is 0 Å². The summed E-state index contributed by atoms with van der Waals surface area (Å²) < 4.78 is 8.03. The number of aromatic nitrogens is 2. The second-order valence-electron chi connectivity index (χ2n) is 8.25. The van der Waals surface area contributed by atoms with Gasteiger partial charge in [0.1, 0.15) is 5.75 Å². The molecule has 1 aliphatic heterocycles. The number of hydrogen-bond acceptors (Lipinski definition) is 3. The third-order valence-electron chi connectivity index (χ3n) is 6.35. The molecule has 1 N–H and O–H groups in total. The number of nitrogens with one attached hydrogen (secondary N) is 1. The monoisotopic (exact) mass is 432 g/mol. The van der Waals surface area contributed by atoms with Gasteiger partial charge in [0.2, 0.25) is 0 Å². The van der Waals surface area contributed by atoms with E-state index in [1.54, 1.807) is 0 Å². The van der Waals surface area contributed by atoms with Crippen molar-refractivity contribution in [3.8, 4) is 5.75 Å². The Hall–Kier alpha value is -2.86. The van der Waals surface area contributed by atoms with Crippen LogP contribution in [0.3, 0.4) is 0 Å². The molecule has 2 aliphatic rings. The van der Waals surface area contributed by atoms with Crippen LogP contribution in [0.4, 0.5) is 5.69 Å². The summed E-state index contributed by atoms with van der Waals surface area (Å²) in [5.74, 6) is 0.870. The molecule has 0 amide bonds. The lowest BCUT2D eigenvalue weighted by molar-refractivity contribution is 0.340. The molecule has 1 aromatic carbocycles. The van der Waals surface area contributed by atoms with Gasteiger partial charge in [-0.2, -0.15) is 0 Å². The van der Waals surface area contributed by atoms with E-state index in [9.17, 15) is 0 Å². The maximum Gasteiger partial charge on any atom is 0.174 e. The minimum Gasteiger partial charge on any atom is -0.494 e. The second kappa shape index (κ2) is 8.71. The lowest BCUT2D eigenvalue weighted by Crippen LogP contribution is -2.29. The van der Waals surface area contributed by atoms with Gasteiger partial charge in [-0.05, 0) is 80.0 Å². The van der Waals surface area contributed by atoms with Crippen molar-refractivity contribution in [2.24, 2.45) is 0 Å². The van der Waals surface area contributed by atoms with Gasteiger partial charge in [-0.1, -0.05) is 18.9 Å². The SMILES string of the molecule is CCOc1ccc(N2C(=S)N[C@@H](c3ccccn3)[C@H]2c2ccn(C3CCCC3)c2)cc1. The zero-order chi connectivity index (χ0) is 21.2. The Labute approximate surface area is 189 Å². The van der Waals surface area contributed by atoms with Crippen LogP contribution in [0, 0.1) is 0 Å². The number of thiocarbonyl (C=S) groups is 1. The standard InChI is InChI=1S/C25H28N4OS/c1-2-30-21-12-10-20(11-13-21)29-24(18-14-16-28(17-18)19-7-3-4-8-19)23(27-25(29)31)22-9-5-6-15-26-22/h5-6,9-17,19,23-24H,2-4,7-8H2,1H3,(H,27,31)/t23-,24+/m0/s1. The molecule has 5 rings (SSSR count). The summed E-state index contributed by atoms with van der Waals surface area (Å²) in [6.45, 7) is 2.65. The molecule has 1 aliphatic carbocycles. The van der Waals surface area contributed by atoms with Crippen LogP contribution in [0.25, 0.3) is 0 Å². The highest BCUT2D eigenvalue weighted by molar-refractivity contribution is 7.80. The smallest absolute Gasteiger partial charge is 0.174 e. The van der Waals surface area contributed by atoms with Gasteiger partial charge in [-0.25, -0.2) is 0 Å². The molecule has 0 unspecified atom stereocenters. The molecule has 160 valence electrons. The minimum atomic E-state index is -0.0142. The topological polar surface area (TPSA) is 42.3 Å². The van der Waals surface area contributed by atoms with Gasteiger partial charge in [0.15, 0.2) is 5.11 Å². The zero-order valence-electron chi connectivity index (χ0n) is 17.8. The van der Waals surface area contributed by atoms with Crippen molar-refractivity contribution in [1.29, 1.82) is 0 Å². The lowest BCUT2D eigenvalue weighted by atomic mass is 9.98. The zero-order valence-corrected chi connectivity index (χ0v) is 18.6. The average molecular weight is 433 g/mol. The van der Waals surface area contributed by atoms with E-state index >= 15 is 0 Å². The van der Waals surface area contributed by atoms with Crippen molar-refractivity contribution in [1.82, 2.24) is 14.9 Å². The van der Waals surface area contributed by atoms with Crippen LogP contribution in [0.1, 0.15) is 62.0 Å². The Bertz CT molecular complexity index is 1030. The summed E-state index contributed by atoms with van der Waals surface area (Å²) in [4.78, 5) is 6.87. The maximum absolute atomic E-state index is 5.82. The van der Waals surface area contributed by atoms with E-state index < -0.39 is 0 Å². The molecule has 0 spiro atoms. The Balaban J connectivity index is 1.53. The molecule has 0 radical (unpaired) electrons. The molecule has 3 heterocycles. The fourth-order valence-corrected chi connectivity index (χ4v) is 5.22. The molecule has 2 atom stereocenters. The molecule has 1 saturated heterocycles. The van der Waals surface area contributed by atoms with E-state index in [0.29, 0.717) is 12.6 Å². The van der Waals surface area contributed by atoms with Crippen LogP contribution in [-0.4, -0.2) is 21.3 Å². The van der Waals surface area contributed by atoms with Crippen LogP contribution in [0.5, 0.6) is 5.75 Å². The van der Waals surface area contributed by atoms with Crippen LogP contribution in [0.2, 0.25) is 0 Å². The van der Waals surface area contributed by atoms with Crippen molar-refractivity contribution in [2.75, 3.05) is 11.5 Å². The summed E-state index contributed by atoms with van der Waals surface area (Å²) in [7, 11) is 0. The number of pyridine rings is 1. The number of nitrogens with zero attached hydrogens (tertiary/aromatic N) is 3. The van der Waals surface area contributed by atoms with Gasteiger partial charge in [-0.15, -0.1) is 0 Å². The Kier molecular flexibility index (Phi) is 5.64. The van der Waals surface area contributed by atoms with Crippen molar-refractivity contribution >= 4 is 23.0 Å². The van der Waals surface area contributed by atoms with Gasteiger partial charge < -0.3 is 19.5 Å². The molecule has 6 heteroatoms. The summed E-state index contributed by atoms with van der Waals surface area (Å²) in [6.07, 6.45) is 11.6. The van der Waals surface area contributed by atoms with Crippen molar-refractivity contribution in [3.63, 3.8) is 0 Å². The van der Waals surface area contributed by atoms with Crippen LogP contribution in [0.15, 0.2) is 67.1 Å². The fourth-order valence-electron chi connectivity index (χ4n) is 4.88. The number of ether oxygens (including phenoxy) is 1. The molecule has 2 fully saturated rings. The molecule has 31 heavy (non-hydrogen) atoms. The summed E-state index contributed by atoms with van der Waals surface area (Å²) >= 11 is 5.82. The first-order valence-electron chi connectivity index (χ1n) is 11.2. The highest BCUT2D eigenvalue weighted by Gasteiger charge is 2.41. The first-order valence-corrected chi connectivity index (χ1v) is 11.6. The maximum atomic E-state index is 5.82. The molecular weight excluding hydrogens is 404 g/mol. The normalized spacial score (nSPS) is 21.5. The molecule has 5 nitrogen and oxygen atoms in total. The Morgan fingerprint density at radius 2 is 1.90 bits per heavy atom. The van der Waals surface area contributed by atoms with Gasteiger partial charge in [0, 0.05) is 30.3 Å². The highest BCUT2D eigenvalue weighted by atomic mass is 32.1. The molecule has 1 saturated carbocycles. The summed E-state index contributed by atoms with van der Waals surface area (Å²) in [5, 5.41) is 4.26. The number of hydrogen-bond donors (Lipinski definition) is 1. The Morgan fingerprint density at radius 3 is 2.61 bits per heavy atom. The first-order chi connectivity index (χ1) is 15.2. The van der Waals surface area contributed by atoms with E-state index in [1.807, 2.05) is 37.4 Å². The van der Waals surface area contributed by atoms with Gasteiger partial charge in [-0.3, -0.25) is 4.98 Å². The first kappa shape index (κ1) is 20.1. The minimum absolute atomic E-state index is 0.0142. The summed E-state index contributed by atoms with van der Waals surface area (Å²) in [6, 6.07) is 17.1. The van der Waals surface area contributed by atoms with Crippen LogP contribution in [-0.2, 0) is 0 Å². The second-order valence-corrected chi connectivity index (χ2v) is 8.64. The van der Waals surface area contributed by atoms with Crippen molar-refractivity contribution in [3.05, 3.63) is 78.4 Å². The van der Waals surface area contributed by atoms with E-state index in [-0.39, 0.29) is 12.1 Å². The number of anilines is 1. The third kappa shape index (κ3) is 3.92. The molecule has 0 bridgehead atoms. The van der Waals surface area contributed by atoms with Crippen molar-refractivity contribution < 1.29 is 4.74 Å². The largest absolute Gasteiger partial charge is 0.494 e. The van der Waals surface area contributed by atoms with Crippen LogP contribution < -0.4 is 15.0 Å². The fraction of sp³-hybridized carbons (Fsp3) is 0.360. The Morgan fingerprint density at radius 1 is 1.10 bits per heavy atom. The van der Waals surface area contributed by atoms with Gasteiger partial charge >= 0.3 is 0 Å². The summed E-state index contributed by atoms with van der Waals surface area (Å²) in [5.41, 5.74) is 3.30. The van der Waals surface area contributed by atoms with Crippen molar-refractivity contribution in [2.45, 2.75) is 50.7 Å². The third-order valence-corrected chi connectivity index (χ3v) is 6.66. The highest BCUT2D eigenvalue weighted by Crippen LogP contribution is 2.42.